The van der Waals surface area contributed by atoms with Crippen molar-refractivity contribution in [3.8, 4) is 0 Å². The maximum atomic E-state index is 14.7. The van der Waals surface area contributed by atoms with E-state index in [4.69, 9.17) is 66.3 Å². The summed E-state index contributed by atoms with van der Waals surface area (Å²) < 4.78 is 90.0. The molecule has 0 aliphatic carbocycles. The molecule has 26 heteroatoms. The molecular weight excluding hydrogens is 1500 g/mol. The molecule has 28 atom stereocenters. The first-order valence-corrected chi connectivity index (χ1v) is 41.7. The van der Waals surface area contributed by atoms with Crippen LogP contribution < -0.4 is 0 Å². The van der Waals surface area contributed by atoms with Gasteiger partial charge in [0.15, 0.2) is 48.7 Å². The van der Waals surface area contributed by atoms with Crippen molar-refractivity contribution in [3.05, 3.63) is 131 Å². The number of carbonyl (C=O) groups is 7. The lowest BCUT2D eigenvalue weighted by molar-refractivity contribution is -0.318. The van der Waals surface area contributed by atoms with E-state index in [9.17, 15) is 48.9 Å². The summed E-state index contributed by atoms with van der Waals surface area (Å²) in [7, 11) is 12.2. The van der Waals surface area contributed by atoms with Crippen LogP contribution in [0.15, 0.2) is 114 Å². The van der Waals surface area contributed by atoms with Crippen LogP contribution >= 0.6 is 0 Å². The molecule has 3 saturated heterocycles. The van der Waals surface area contributed by atoms with Gasteiger partial charge in [0.05, 0.1) is 94.5 Å². The number of hydrogen-bond acceptors (Lipinski definition) is 26. The van der Waals surface area contributed by atoms with Crippen LogP contribution in [0.5, 0.6) is 0 Å². The number of methoxy groups -OCH3 is 3. The van der Waals surface area contributed by atoms with Crippen molar-refractivity contribution < 1.29 is 115 Å². The van der Waals surface area contributed by atoms with Crippen molar-refractivity contribution in [2.45, 2.75) is 315 Å². The summed E-state index contributed by atoms with van der Waals surface area (Å²) in [6, 6.07) is 25.4. The number of allylic oxidation sites excluding steroid dienone is 2. The Bertz CT molecular complexity index is 3810. The van der Waals surface area contributed by atoms with Gasteiger partial charge in [0.2, 0.25) is 0 Å². The number of Topliss-reactive ketones (excluding diaryl/α,β-unsaturated/α-hetero) is 2. The molecular formula is C91H136N2O24. The first kappa shape index (κ1) is 97.4. The molecule has 0 spiro atoms. The summed E-state index contributed by atoms with van der Waals surface area (Å²) in [5, 5.41) is 35.5. The fraction of sp³-hybridized carbons (Fsp3) is 0.681. The van der Waals surface area contributed by atoms with Crippen LogP contribution in [0.2, 0.25) is 0 Å². The number of ketones is 2. The largest absolute Gasteiger partial charge is 0.459 e. The SMILES string of the molecule is CC[C@H]1OC(=O)[C@H](C)[C@@H](O)[C@H](C)[C@@H](OC2O[C@H](C)C[C@H](N(C)C)[C@H]2OC(=O)c2ccccc2)[C@@](C)(OC)C[C@@H](C)C(=O)/C(C)=C/[C@@]1(O)CC.CC[C@H]1OC(=O)[C@H](C)[C@@H](OC2C[C@@](C)(OC)[C@@H](OC(=O)c3ccccc3)[C@H](C)O2)[C@H](C)[C@@H](OC2O[C@H](C)C[C@H](N(C)C)[C@H]2OC(=O)c2ccccc2)[C@@](C)(OC)C[C@@H](C)C(=O)/C(C)=C/[C@@]1(O)CC. The number of aliphatic hydroxyl groups excluding tert-OH is 1. The summed E-state index contributed by atoms with van der Waals surface area (Å²) in [5.74, 6) is -8.30. The third-order valence-corrected chi connectivity index (χ3v) is 25.0. The van der Waals surface area contributed by atoms with E-state index in [0.717, 1.165) is 0 Å². The molecule has 3 aromatic rings. The van der Waals surface area contributed by atoms with Gasteiger partial charge in [-0.15, -0.1) is 0 Å². The van der Waals surface area contributed by atoms with Crippen molar-refractivity contribution in [1.29, 1.82) is 0 Å². The van der Waals surface area contributed by atoms with Crippen LogP contribution in [0, 0.1) is 35.5 Å². The van der Waals surface area contributed by atoms with E-state index >= 15 is 0 Å². The van der Waals surface area contributed by atoms with Gasteiger partial charge in [-0.25, -0.2) is 14.4 Å². The van der Waals surface area contributed by atoms with Gasteiger partial charge in [0.25, 0.3) is 0 Å². The minimum Gasteiger partial charge on any atom is -0.459 e. The Kier molecular flexibility index (Phi) is 35.1. The van der Waals surface area contributed by atoms with Crippen LogP contribution in [0.4, 0.5) is 0 Å². The zero-order valence-corrected chi connectivity index (χ0v) is 73.8. The second kappa shape index (κ2) is 42.2. The molecule has 5 heterocycles. The van der Waals surface area contributed by atoms with Crippen LogP contribution in [0.25, 0.3) is 0 Å². The normalized spacial score (nSPS) is 38.8. The van der Waals surface area contributed by atoms with Crippen molar-refractivity contribution >= 4 is 41.4 Å². The predicted molar refractivity (Wildman–Crippen MR) is 438 cm³/mol. The van der Waals surface area contributed by atoms with Crippen LogP contribution in [0.3, 0.4) is 0 Å². The smallest absolute Gasteiger partial charge is 0.338 e. The molecule has 8 rings (SSSR count). The van der Waals surface area contributed by atoms with Crippen molar-refractivity contribution in [3.63, 3.8) is 0 Å². The van der Waals surface area contributed by atoms with Crippen molar-refractivity contribution in [2.75, 3.05) is 49.5 Å². The zero-order chi connectivity index (χ0) is 87.1. The highest BCUT2D eigenvalue weighted by Crippen LogP contribution is 2.45. The number of likely N-dealkylation sites (N-methyl/N-ethyl adjacent to an activating group) is 2. The molecule has 0 bridgehead atoms. The highest BCUT2D eigenvalue weighted by Gasteiger charge is 2.57. The van der Waals surface area contributed by atoms with E-state index in [2.05, 4.69) is 0 Å². The molecule has 3 N–H and O–H groups in total. The second-order valence-corrected chi connectivity index (χ2v) is 34.3. The van der Waals surface area contributed by atoms with E-state index < -0.39 is 173 Å². The highest BCUT2D eigenvalue weighted by molar-refractivity contribution is 5.97. The first-order valence-electron chi connectivity index (χ1n) is 41.7. The minimum absolute atomic E-state index is 0.0761. The molecule has 117 heavy (non-hydrogen) atoms. The van der Waals surface area contributed by atoms with Gasteiger partial charge in [0.1, 0.15) is 29.0 Å². The molecule has 5 aliphatic rings. The number of hydrogen-bond donors (Lipinski definition) is 3. The summed E-state index contributed by atoms with van der Waals surface area (Å²) in [6.07, 6.45) is -8.26. The Labute approximate surface area is 693 Å². The van der Waals surface area contributed by atoms with Crippen LogP contribution in [0.1, 0.15) is 213 Å². The zero-order valence-electron chi connectivity index (χ0n) is 73.8. The summed E-state index contributed by atoms with van der Waals surface area (Å²) in [6.45, 7) is 32.0. The Morgan fingerprint density at radius 3 is 1.17 bits per heavy atom. The Balaban J connectivity index is 0.000000341. The van der Waals surface area contributed by atoms with Gasteiger partial charge in [-0.1, -0.05) is 110 Å². The minimum atomic E-state index is -1.66. The molecule has 0 amide bonds. The lowest BCUT2D eigenvalue weighted by atomic mass is 9.76. The number of ether oxygens (including phenoxy) is 14. The van der Waals surface area contributed by atoms with Gasteiger partial charge in [-0.3, -0.25) is 19.2 Å². The number of aliphatic hydroxyl groups is 3. The van der Waals surface area contributed by atoms with E-state index in [1.165, 1.54) is 33.5 Å². The number of cyclic esters (lactones) is 2. The number of benzene rings is 3. The predicted octanol–water partition coefficient (Wildman–Crippen LogP) is 12.2. The third kappa shape index (κ3) is 23.5. The Morgan fingerprint density at radius 2 is 0.821 bits per heavy atom. The lowest BCUT2D eigenvalue weighted by Crippen LogP contribution is -2.61. The van der Waals surface area contributed by atoms with Crippen LogP contribution in [-0.4, -0.2) is 248 Å². The molecule has 3 fully saturated rings. The van der Waals surface area contributed by atoms with Crippen molar-refractivity contribution in [1.82, 2.24) is 9.80 Å². The summed E-state index contributed by atoms with van der Waals surface area (Å²) >= 11 is 0. The first-order chi connectivity index (χ1) is 55.0. The monoisotopic (exact) mass is 1640 g/mol. The molecule has 5 aliphatic heterocycles. The van der Waals surface area contributed by atoms with Gasteiger partial charge in [-0.05, 0) is 208 Å². The third-order valence-electron chi connectivity index (χ3n) is 25.0. The maximum absolute atomic E-state index is 14.7. The van der Waals surface area contributed by atoms with Crippen LogP contribution in [-0.2, 0) is 85.5 Å². The second-order valence-electron chi connectivity index (χ2n) is 34.3. The molecule has 0 saturated carbocycles. The molecule has 654 valence electrons. The quantitative estimate of drug-likeness (QED) is 0.0659. The molecule has 0 radical (unpaired) electrons. The number of nitrogens with zero attached hydrogens (tertiary/aromatic N) is 2. The maximum Gasteiger partial charge on any atom is 0.338 e. The van der Waals surface area contributed by atoms with Crippen molar-refractivity contribution in [2.24, 2.45) is 35.5 Å². The number of rotatable bonds is 21. The van der Waals surface area contributed by atoms with Gasteiger partial charge in [-0.2, -0.15) is 0 Å². The average Bonchev–Trinajstić information content (AvgIpc) is 0.770. The van der Waals surface area contributed by atoms with E-state index in [1.54, 1.807) is 156 Å². The molecule has 26 nitrogen and oxygen atoms in total. The Hall–Kier alpha value is -6.73. The summed E-state index contributed by atoms with van der Waals surface area (Å²) in [5.41, 5.74) is -5.11. The molecule has 3 unspecified atom stereocenters. The molecule has 3 aromatic carbocycles. The fourth-order valence-corrected chi connectivity index (χ4v) is 17.6. The van der Waals surface area contributed by atoms with E-state index in [-0.39, 0.29) is 74.4 Å². The lowest BCUT2D eigenvalue weighted by Gasteiger charge is -2.50. The standard InChI is InChI=1S/C53H77NO14.C38H59NO10/c1-15-40-53(59,16-2)29-32(4)42(55)31(3)28-51(9,60-13)45(68-50-44(39(54(11)12)27-33(5)62-50)66-48(57)37-23-19-17-20-24-37)34(6)43(35(7)47(56)64-40)65-41-30-52(10,61-14)46(36(8)63-41)67-49(58)38-25-21-18-22-26-38;1-12-29-38(44,13-2)21-23(4)30(40)22(3)20-37(8,45-11)33(25(6)31(41)26(7)34(42)47-29)49-36-32(28(39(9)10)19-24(5)46-36)48-35(43)27-17-15-14-16-18-27/h17-26,29,31,33-36,39-41,43-46,50,59H,15-16,27-28,30H2,1-14H3;14-18,21-22,24-26,28-29,31-33,36,41,44H,12-13,19-20H2,1-11H3/b32-29+;23-21+/t31-,33-,34+,35-,36+,39+,40-,41?,43+,44-,45-,46+,50?,51+,52-,53+;22-,24-,25+,26-,28+,29-,31+,32-,33-,36?,37+,38+/m11/s1. The fourth-order valence-electron chi connectivity index (χ4n) is 17.6. The van der Waals surface area contributed by atoms with Gasteiger partial charge >= 0.3 is 29.8 Å². The topological polar surface area (TPSA) is 316 Å². The number of esters is 5. The average molecular weight is 1640 g/mol. The molecule has 0 aromatic heterocycles. The summed E-state index contributed by atoms with van der Waals surface area (Å²) in [4.78, 5) is 101. The highest BCUT2D eigenvalue weighted by atomic mass is 16.7. The van der Waals surface area contributed by atoms with E-state index in [1.807, 2.05) is 97.7 Å². The Morgan fingerprint density at radius 1 is 0.470 bits per heavy atom. The number of carbonyl (C=O) groups excluding carboxylic acids is 7. The van der Waals surface area contributed by atoms with Gasteiger partial charge < -0.3 is 91.4 Å². The van der Waals surface area contributed by atoms with E-state index in [0.29, 0.717) is 47.1 Å². The van der Waals surface area contributed by atoms with Gasteiger partial charge in [0, 0.05) is 51.4 Å².